The van der Waals surface area contributed by atoms with Crippen LogP contribution in [0, 0.1) is 0 Å². The largest absolute Gasteiger partial charge is 0.308 e. The molecule has 4 rings (SSSR count). The van der Waals surface area contributed by atoms with Crippen LogP contribution in [-0.4, -0.2) is 12.5 Å². The van der Waals surface area contributed by atoms with Gasteiger partial charge in [0, 0.05) is 17.8 Å². The summed E-state index contributed by atoms with van der Waals surface area (Å²) in [5.41, 5.74) is 5.36. The predicted octanol–water partition coefficient (Wildman–Crippen LogP) is 4.95. The summed E-state index contributed by atoms with van der Waals surface area (Å²) in [6, 6.07) is 26.4. The number of fused-ring (bicyclic) bond motifs is 1. The number of hydrogen-bond donors (Lipinski definition) is 0. The molecule has 0 aromatic heterocycles. The van der Waals surface area contributed by atoms with Crippen LogP contribution in [0.5, 0.6) is 0 Å². The third-order valence-corrected chi connectivity index (χ3v) is 4.59. The molecule has 2 heteroatoms. The second-order valence-electron chi connectivity index (χ2n) is 6.13. The molecule has 1 aliphatic rings. The van der Waals surface area contributed by atoms with Gasteiger partial charge in [0.15, 0.2) is 0 Å². The van der Waals surface area contributed by atoms with E-state index in [0.717, 1.165) is 36.2 Å². The van der Waals surface area contributed by atoms with E-state index in [1.165, 1.54) is 11.1 Å². The number of rotatable bonds is 2. The standard InChI is InChI=1S/C22H19NO/c24-22(23-16-6-10-19-9-4-5-11-21(19)23)20-14-12-18(13-15-20)17-7-2-1-3-8-17/h1-5,7-9,11-15H,6,10,16H2. The molecule has 0 unspecified atom stereocenters. The summed E-state index contributed by atoms with van der Waals surface area (Å²) in [6.07, 6.45) is 2.07. The average Bonchev–Trinajstić information content (AvgIpc) is 2.68. The van der Waals surface area contributed by atoms with Crippen LogP contribution in [0.25, 0.3) is 11.1 Å². The number of hydrogen-bond acceptors (Lipinski definition) is 1. The zero-order valence-electron chi connectivity index (χ0n) is 13.5. The first-order valence-corrected chi connectivity index (χ1v) is 8.38. The first-order chi connectivity index (χ1) is 11.8. The highest BCUT2D eigenvalue weighted by Gasteiger charge is 2.23. The van der Waals surface area contributed by atoms with Gasteiger partial charge in [-0.2, -0.15) is 0 Å². The zero-order chi connectivity index (χ0) is 16.4. The second-order valence-corrected chi connectivity index (χ2v) is 6.13. The van der Waals surface area contributed by atoms with Crippen LogP contribution in [0.3, 0.4) is 0 Å². The molecule has 0 atom stereocenters. The number of carbonyl (C=O) groups is 1. The van der Waals surface area contributed by atoms with E-state index < -0.39 is 0 Å². The molecule has 1 aliphatic heterocycles. The number of benzene rings is 3. The molecule has 118 valence electrons. The maximum atomic E-state index is 12.9. The predicted molar refractivity (Wildman–Crippen MR) is 98.3 cm³/mol. The van der Waals surface area contributed by atoms with E-state index in [1.807, 2.05) is 65.6 Å². The minimum atomic E-state index is 0.0850. The summed E-state index contributed by atoms with van der Waals surface area (Å²) < 4.78 is 0. The summed E-state index contributed by atoms with van der Waals surface area (Å²) in [6.45, 7) is 0.788. The lowest BCUT2D eigenvalue weighted by atomic mass is 10.00. The Kier molecular flexibility index (Phi) is 3.87. The fraction of sp³-hybridized carbons (Fsp3) is 0.136. The minimum absolute atomic E-state index is 0.0850. The smallest absolute Gasteiger partial charge is 0.258 e. The van der Waals surface area contributed by atoms with Gasteiger partial charge in [0.2, 0.25) is 0 Å². The van der Waals surface area contributed by atoms with Gasteiger partial charge in [0.1, 0.15) is 0 Å². The average molecular weight is 313 g/mol. The summed E-state index contributed by atoms with van der Waals surface area (Å²) in [7, 11) is 0. The molecule has 0 spiro atoms. The highest BCUT2D eigenvalue weighted by Crippen LogP contribution is 2.28. The van der Waals surface area contributed by atoms with Crippen molar-refractivity contribution >= 4 is 11.6 Å². The maximum Gasteiger partial charge on any atom is 0.258 e. The van der Waals surface area contributed by atoms with Gasteiger partial charge in [-0.25, -0.2) is 0 Å². The second kappa shape index (κ2) is 6.32. The lowest BCUT2D eigenvalue weighted by Crippen LogP contribution is -2.35. The van der Waals surface area contributed by atoms with Crippen molar-refractivity contribution in [3.63, 3.8) is 0 Å². The highest BCUT2D eigenvalue weighted by molar-refractivity contribution is 6.07. The van der Waals surface area contributed by atoms with E-state index in [2.05, 4.69) is 18.2 Å². The van der Waals surface area contributed by atoms with Crippen LogP contribution < -0.4 is 4.90 Å². The van der Waals surface area contributed by atoms with Crippen molar-refractivity contribution < 1.29 is 4.79 Å². The Morgan fingerprint density at radius 1 is 0.750 bits per heavy atom. The molecule has 0 aliphatic carbocycles. The van der Waals surface area contributed by atoms with Crippen molar-refractivity contribution in [1.82, 2.24) is 0 Å². The molecule has 0 bridgehead atoms. The van der Waals surface area contributed by atoms with E-state index >= 15 is 0 Å². The van der Waals surface area contributed by atoms with Crippen LogP contribution in [0.15, 0.2) is 78.9 Å². The van der Waals surface area contributed by atoms with E-state index in [1.54, 1.807) is 0 Å². The van der Waals surface area contributed by atoms with Crippen LogP contribution >= 0.6 is 0 Å². The number of aryl methyl sites for hydroxylation is 1. The molecule has 0 N–H and O–H groups in total. The summed E-state index contributed by atoms with van der Waals surface area (Å²) >= 11 is 0. The number of para-hydroxylation sites is 1. The summed E-state index contributed by atoms with van der Waals surface area (Å²) in [5.74, 6) is 0.0850. The molecular formula is C22H19NO. The number of nitrogens with zero attached hydrogens (tertiary/aromatic N) is 1. The maximum absolute atomic E-state index is 12.9. The molecule has 3 aromatic rings. The van der Waals surface area contributed by atoms with Crippen molar-refractivity contribution in [3.05, 3.63) is 90.0 Å². The lowest BCUT2D eigenvalue weighted by molar-refractivity contribution is 0.0985. The Bertz CT molecular complexity index is 853. The normalized spacial score (nSPS) is 13.4. The third-order valence-electron chi connectivity index (χ3n) is 4.59. The topological polar surface area (TPSA) is 20.3 Å². The monoisotopic (exact) mass is 313 g/mol. The SMILES string of the molecule is O=C(c1ccc(-c2ccccc2)cc1)N1CCCc2ccccc21. The van der Waals surface area contributed by atoms with E-state index in [4.69, 9.17) is 0 Å². The first kappa shape index (κ1) is 14.7. The summed E-state index contributed by atoms with van der Waals surface area (Å²) in [5, 5.41) is 0. The third kappa shape index (κ3) is 2.71. The Morgan fingerprint density at radius 3 is 2.21 bits per heavy atom. The Hall–Kier alpha value is -2.87. The molecule has 3 aromatic carbocycles. The van der Waals surface area contributed by atoms with Gasteiger partial charge in [-0.3, -0.25) is 4.79 Å². The molecule has 2 nitrogen and oxygen atoms in total. The molecule has 0 radical (unpaired) electrons. The molecule has 0 saturated heterocycles. The van der Waals surface area contributed by atoms with E-state index in [-0.39, 0.29) is 5.91 Å². The molecule has 0 fully saturated rings. The van der Waals surface area contributed by atoms with Crippen molar-refractivity contribution in [2.45, 2.75) is 12.8 Å². The van der Waals surface area contributed by atoms with Gasteiger partial charge in [-0.05, 0) is 47.7 Å². The number of carbonyl (C=O) groups excluding carboxylic acids is 1. The fourth-order valence-electron chi connectivity index (χ4n) is 3.34. The highest BCUT2D eigenvalue weighted by atomic mass is 16.2. The van der Waals surface area contributed by atoms with Gasteiger partial charge in [-0.15, -0.1) is 0 Å². The zero-order valence-corrected chi connectivity index (χ0v) is 13.5. The number of amides is 1. The van der Waals surface area contributed by atoms with Crippen LogP contribution in [-0.2, 0) is 6.42 Å². The molecule has 1 heterocycles. The van der Waals surface area contributed by atoms with Crippen LogP contribution in [0.1, 0.15) is 22.3 Å². The van der Waals surface area contributed by atoms with Gasteiger partial charge in [0.05, 0.1) is 0 Å². The van der Waals surface area contributed by atoms with Crippen LogP contribution in [0.4, 0.5) is 5.69 Å². The summed E-state index contributed by atoms with van der Waals surface area (Å²) in [4.78, 5) is 14.8. The van der Waals surface area contributed by atoms with Crippen molar-refractivity contribution in [1.29, 1.82) is 0 Å². The quantitative estimate of drug-likeness (QED) is 0.656. The molecule has 0 saturated carbocycles. The Morgan fingerprint density at radius 2 is 1.42 bits per heavy atom. The Balaban J connectivity index is 1.62. The molecular weight excluding hydrogens is 294 g/mol. The molecule has 1 amide bonds. The minimum Gasteiger partial charge on any atom is -0.308 e. The van der Waals surface area contributed by atoms with Crippen molar-refractivity contribution in [3.8, 4) is 11.1 Å². The number of anilines is 1. The van der Waals surface area contributed by atoms with Gasteiger partial charge in [0.25, 0.3) is 5.91 Å². The van der Waals surface area contributed by atoms with Crippen molar-refractivity contribution in [2.24, 2.45) is 0 Å². The Labute approximate surface area is 142 Å². The first-order valence-electron chi connectivity index (χ1n) is 8.38. The van der Waals surface area contributed by atoms with Crippen molar-refractivity contribution in [2.75, 3.05) is 11.4 Å². The van der Waals surface area contributed by atoms with Gasteiger partial charge in [-0.1, -0.05) is 60.7 Å². The van der Waals surface area contributed by atoms with Gasteiger partial charge >= 0.3 is 0 Å². The van der Waals surface area contributed by atoms with E-state index in [9.17, 15) is 4.79 Å². The fourth-order valence-corrected chi connectivity index (χ4v) is 3.34. The van der Waals surface area contributed by atoms with Crippen LogP contribution in [0.2, 0.25) is 0 Å². The lowest BCUT2D eigenvalue weighted by Gasteiger charge is -2.29. The van der Waals surface area contributed by atoms with Gasteiger partial charge < -0.3 is 4.90 Å². The molecule has 24 heavy (non-hydrogen) atoms. The van der Waals surface area contributed by atoms with E-state index in [0.29, 0.717) is 0 Å².